The van der Waals surface area contributed by atoms with E-state index >= 15 is 0 Å². The fraction of sp³-hybridized carbons (Fsp3) is 0.971. The largest absolute Gasteiger partial charge is 0.457 e. The first kappa shape index (κ1) is 28.5. The molecule has 5 aliphatic carbocycles. The molecule has 0 spiro atoms. The van der Waals surface area contributed by atoms with Crippen molar-refractivity contribution >= 4 is 5.97 Å². The quantitative estimate of drug-likeness (QED) is 0.360. The van der Waals surface area contributed by atoms with E-state index in [9.17, 15) is 15.0 Å². The van der Waals surface area contributed by atoms with Crippen LogP contribution in [0.5, 0.6) is 0 Å². The van der Waals surface area contributed by atoms with E-state index in [1.165, 1.54) is 70.6 Å². The van der Waals surface area contributed by atoms with Crippen LogP contribution in [0.1, 0.15) is 132 Å². The van der Waals surface area contributed by atoms with Crippen molar-refractivity contribution in [2.45, 2.75) is 150 Å². The van der Waals surface area contributed by atoms with Gasteiger partial charge in [-0.05, 0) is 140 Å². The zero-order valence-corrected chi connectivity index (χ0v) is 26.1. The van der Waals surface area contributed by atoms with Gasteiger partial charge in [-0.25, -0.2) is 4.79 Å². The number of rotatable bonds is 4. The highest BCUT2D eigenvalue weighted by atomic mass is 16.6. The summed E-state index contributed by atoms with van der Waals surface area (Å²) in [4.78, 5) is 11.7. The SMILES string of the molecule is C[C@@H](CC[C@H]1OC(=O)[C@H](O)[C@@H]1O)[C@H]1CC[C@@]2(C)[C@@H]1CC[C@]1(C)[C@@H]2CC[C@@H]2[C@@]3(C)CCCC(C)(C)[C@@H]3CC[C@]21C. The molecule has 1 heterocycles. The highest BCUT2D eigenvalue weighted by Crippen LogP contribution is 2.78. The van der Waals surface area contributed by atoms with E-state index in [0.29, 0.717) is 39.4 Å². The standard InChI is InChI=1S/C35H58O4/c1-21(9-10-24-28(36)29(37)30(38)39-24)22-13-18-32(4)23(22)14-19-34(6)26(32)11-12-27-33(5)17-8-16-31(2,3)25(33)15-20-35(27,34)7/h21-29,36-37H,8-20H2,1-7H3/t21-,22+,23+,24+,25-,26+,27+,28+,29+,32-,33-,34+,35+/m0/s1. The summed E-state index contributed by atoms with van der Waals surface area (Å²) in [5, 5.41) is 20.1. The Labute approximate surface area is 238 Å². The third-order valence-electron chi connectivity index (χ3n) is 15.6. The predicted molar refractivity (Wildman–Crippen MR) is 155 cm³/mol. The van der Waals surface area contributed by atoms with Crippen molar-refractivity contribution in [3.8, 4) is 0 Å². The van der Waals surface area contributed by atoms with Gasteiger partial charge in [0.05, 0.1) is 0 Å². The molecule has 1 saturated heterocycles. The van der Waals surface area contributed by atoms with Gasteiger partial charge in [-0.15, -0.1) is 0 Å². The Morgan fingerprint density at radius 2 is 1.44 bits per heavy atom. The van der Waals surface area contributed by atoms with Crippen LogP contribution >= 0.6 is 0 Å². The van der Waals surface area contributed by atoms with Crippen LogP contribution in [0.2, 0.25) is 0 Å². The van der Waals surface area contributed by atoms with Crippen molar-refractivity contribution in [2.75, 3.05) is 0 Å². The molecule has 6 rings (SSSR count). The Morgan fingerprint density at radius 3 is 2.08 bits per heavy atom. The van der Waals surface area contributed by atoms with Gasteiger partial charge in [0.1, 0.15) is 12.2 Å². The van der Waals surface area contributed by atoms with E-state index in [-0.39, 0.29) is 0 Å². The minimum absolute atomic E-state index is 0.430. The van der Waals surface area contributed by atoms with E-state index in [1.807, 2.05) is 0 Å². The van der Waals surface area contributed by atoms with Gasteiger partial charge in [-0.2, -0.15) is 0 Å². The van der Waals surface area contributed by atoms with Crippen molar-refractivity contribution in [3.63, 3.8) is 0 Å². The van der Waals surface area contributed by atoms with Crippen molar-refractivity contribution < 1.29 is 19.7 Å². The van der Waals surface area contributed by atoms with Crippen molar-refractivity contribution in [3.05, 3.63) is 0 Å². The van der Waals surface area contributed by atoms with Crippen LogP contribution in [0.3, 0.4) is 0 Å². The third kappa shape index (κ3) is 3.84. The molecule has 13 atom stereocenters. The Morgan fingerprint density at radius 1 is 0.795 bits per heavy atom. The molecule has 39 heavy (non-hydrogen) atoms. The lowest BCUT2D eigenvalue weighted by Gasteiger charge is -2.73. The fourth-order valence-corrected chi connectivity index (χ4v) is 13.5. The van der Waals surface area contributed by atoms with Crippen LogP contribution in [-0.4, -0.2) is 34.5 Å². The molecule has 0 aromatic heterocycles. The molecule has 5 saturated carbocycles. The molecule has 0 amide bonds. The highest BCUT2D eigenvalue weighted by Gasteiger charge is 2.70. The maximum Gasteiger partial charge on any atom is 0.338 e. The minimum Gasteiger partial charge on any atom is -0.457 e. The molecule has 0 radical (unpaired) electrons. The normalized spacial score (nSPS) is 55.2. The number of ether oxygens (including phenoxy) is 1. The maximum atomic E-state index is 11.7. The number of cyclic esters (lactones) is 1. The van der Waals surface area contributed by atoms with Gasteiger partial charge in [0.2, 0.25) is 0 Å². The predicted octanol–water partition coefficient (Wildman–Crippen LogP) is 7.54. The Balaban J connectivity index is 1.20. The number of hydrogen-bond donors (Lipinski definition) is 2. The summed E-state index contributed by atoms with van der Waals surface area (Å²) in [6.07, 6.45) is 14.1. The van der Waals surface area contributed by atoms with Gasteiger partial charge in [0, 0.05) is 0 Å². The second kappa shape index (κ2) is 9.19. The smallest absolute Gasteiger partial charge is 0.338 e. The first-order chi connectivity index (χ1) is 18.2. The number of aliphatic hydroxyl groups is 2. The van der Waals surface area contributed by atoms with Crippen LogP contribution in [-0.2, 0) is 9.53 Å². The summed E-state index contributed by atoms with van der Waals surface area (Å²) >= 11 is 0. The Kier molecular flexibility index (Phi) is 6.72. The third-order valence-corrected chi connectivity index (χ3v) is 15.6. The Bertz CT molecular complexity index is 976. The number of carbonyl (C=O) groups is 1. The molecule has 222 valence electrons. The van der Waals surface area contributed by atoms with E-state index in [1.54, 1.807) is 0 Å². The molecule has 0 aromatic rings. The molecule has 6 fully saturated rings. The number of carbonyl (C=O) groups excluding carboxylic acids is 1. The first-order valence-electron chi connectivity index (χ1n) is 16.8. The van der Waals surface area contributed by atoms with Gasteiger partial charge in [-0.1, -0.05) is 54.9 Å². The fourth-order valence-electron chi connectivity index (χ4n) is 13.5. The summed E-state index contributed by atoms with van der Waals surface area (Å²) in [5.41, 5.74) is 2.33. The average Bonchev–Trinajstić information content (AvgIpc) is 3.33. The van der Waals surface area contributed by atoms with Crippen molar-refractivity contribution in [1.29, 1.82) is 0 Å². The summed E-state index contributed by atoms with van der Waals surface area (Å²) in [7, 11) is 0. The summed E-state index contributed by atoms with van der Waals surface area (Å²) in [6, 6.07) is 0. The topological polar surface area (TPSA) is 66.8 Å². The summed E-state index contributed by atoms with van der Waals surface area (Å²) in [6.45, 7) is 18.5. The van der Waals surface area contributed by atoms with Gasteiger partial charge in [0.15, 0.2) is 6.10 Å². The van der Waals surface area contributed by atoms with E-state index < -0.39 is 24.3 Å². The lowest BCUT2D eigenvalue weighted by molar-refractivity contribution is -0.241. The highest BCUT2D eigenvalue weighted by molar-refractivity contribution is 5.77. The van der Waals surface area contributed by atoms with E-state index in [4.69, 9.17) is 4.74 Å². The lowest BCUT2D eigenvalue weighted by atomic mass is 9.32. The number of esters is 1. The maximum absolute atomic E-state index is 11.7. The van der Waals surface area contributed by atoms with Crippen LogP contribution < -0.4 is 0 Å². The number of aliphatic hydroxyl groups excluding tert-OH is 2. The van der Waals surface area contributed by atoms with Gasteiger partial charge in [-0.3, -0.25) is 0 Å². The summed E-state index contributed by atoms with van der Waals surface area (Å²) < 4.78 is 5.29. The minimum atomic E-state index is -1.37. The molecule has 4 nitrogen and oxygen atoms in total. The first-order valence-corrected chi connectivity index (χ1v) is 16.8. The molecule has 1 aliphatic heterocycles. The van der Waals surface area contributed by atoms with Crippen LogP contribution in [0.15, 0.2) is 0 Å². The number of hydrogen-bond acceptors (Lipinski definition) is 4. The van der Waals surface area contributed by atoms with Crippen molar-refractivity contribution in [2.24, 2.45) is 62.6 Å². The van der Waals surface area contributed by atoms with Crippen LogP contribution in [0, 0.1) is 62.6 Å². The van der Waals surface area contributed by atoms with Crippen molar-refractivity contribution in [1.82, 2.24) is 0 Å². The average molecular weight is 543 g/mol. The molecule has 6 aliphatic rings. The molecular weight excluding hydrogens is 484 g/mol. The molecule has 0 bridgehead atoms. The second-order valence-corrected chi connectivity index (χ2v) is 17.3. The van der Waals surface area contributed by atoms with Crippen LogP contribution in [0.4, 0.5) is 0 Å². The second-order valence-electron chi connectivity index (χ2n) is 17.3. The van der Waals surface area contributed by atoms with Gasteiger partial charge < -0.3 is 14.9 Å². The van der Waals surface area contributed by atoms with Crippen LogP contribution in [0.25, 0.3) is 0 Å². The monoisotopic (exact) mass is 542 g/mol. The van der Waals surface area contributed by atoms with Gasteiger partial charge in [0.25, 0.3) is 0 Å². The van der Waals surface area contributed by atoms with E-state index in [0.717, 1.165) is 36.0 Å². The zero-order valence-electron chi connectivity index (χ0n) is 26.1. The molecule has 0 aromatic carbocycles. The molecule has 4 heteroatoms. The number of fused-ring (bicyclic) bond motifs is 7. The lowest BCUT2D eigenvalue weighted by Crippen LogP contribution is -2.65. The summed E-state index contributed by atoms with van der Waals surface area (Å²) in [5.74, 6) is 3.98. The molecule has 2 N–H and O–H groups in total. The molecular formula is C35H58O4. The zero-order chi connectivity index (χ0) is 28.2. The van der Waals surface area contributed by atoms with E-state index in [2.05, 4.69) is 48.5 Å². The van der Waals surface area contributed by atoms with Gasteiger partial charge >= 0.3 is 5.97 Å². The molecule has 0 unspecified atom stereocenters. The Hall–Kier alpha value is -0.610.